The Bertz CT molecular complexity index is 966. The Morgan fingerprint density at radius 2 is 2.14 bits per heavy atom. The highest BCUT2D eigenvalue weighted by Gasteiger charge is 2.59. The van der Waals surface area contributed by atoms with Gasteiger partial charge in [0.25, 0.3) is 0 Å². The van der Waals surface area contributed by atoms with E-state index in [2.05, 4.69) is 21.2 Å². The van der Waals surface area contributed by atoms with Crippen LogP contribution in [-0.2, 0) is 9.53 Å². The third kappa shape index (κ3) is 2.97. The number of ether oxygens (including phenoxy) is 2. The van der Waals surface area contributed by atoms with Crippen molar-refractivity contribution in [2.24, 2.45) is 5.92 Å². The molecule has 0 aromatic heterocycles. The highest BCUT2D eigenvalue weighted by Crippen LogP contribution is 2.50. The molecule has 3 atom stereocenters. The Kier molecular flexibility index (Phi) is 4.83. The van der Waals surface area contributed by atoms with E-state index in [0.717, 1.165) is 27.0 Å². The van der Waals surface area contributed by atoms with Crippen LogP contribution in [0.4, 0.5) is 5.69 Å². The summed E-state index contributed by atoms with van der Waals surface area (Å²) in [5, 5.41) is 3.89. The number of esters is 1. The molecule has 2 aromatic rings. The Morgan fingerprint density at radius 1 is 1.36 bits per heavy atom. The molecule has 2 aromatic carbocycles. The Balaban J connectivity index is 1.90. The fraction of sp³-hybridized carbons (Fsp3) is 0.333. The number of rotatable bonds is 3. The van der Waals surface area contributed by atoms with E-state index in [0.29, 0.717) is 11.7 Å². The van der Waals surface area contributed by atoms with Crippen LogP contribution in [0, 0.1) is 12.8 Å². The molecule has 2 aliphatic rings. The number of halogens is 1. The number of anilines is 1. The molecule has 2 heterocycles. The van der Waals surface area contributed by atoms with Crippen molar-refractivity contribution >= 4 is 44.9 Å². The predicted molar refractivity (Wildman–Crippen MR) is 115 cm³/mol. The summed E-state index contributed by atoms with van der Waals surface area (Å²) in [5.41, 5.74) is 1.83. The third-order valence-electron chi connectivity index (χ3n) is 5.26. The normalized spacial score (nSPS) is 25.4. The van der Waals surface area contributed by atoms with Gasteiger partial charge in [-0.25, -0.2) is 0 Å². The van der Waals surface area contributed by atoms with Crippen LogP contribution in [0.3, 0.4) is 0 Å². The molecule has 2 aliphatic heterocycles. The van der Waals surface area contributed by atoms with E-state index in [1.807, 2.05) is 61.2 Å². The standard InChI is InChI=1S/C21H21BrN2O3S/c1-4-26-19(25)17-18-15-11-13(22)8-9-16(15)27-21(17,3)24(20(28)23-18)14-7-5-6-12(2)10-14/h5-11,17-18H,4H2,1-3H3,(H,23,28)/t17-,18-,21-/m0/s1. The van der Waals surface area contributed by atoms with Crippen molar-refractivity contribution < 1.29 is 14.3 Å². The summed E-state index contributed by atoms with van der Waals surface area (Å²) in [5.74, 6) is -0.182. The van der Waals surface area contributed by atoms with Gasteiger partial charge in [0.15, 0.2) is 5.11 Å². The number of nitrogens with zero attached hydrogens (tertiary/aromatic N) is 1. The maximum absolute atomic E-state index is 13.0. The molecule has 1 N–H and O–H groups in total. The van der Waals surface area contributed by atoms with Gasteiger partial charge in [-0.3, -0.25) is 9.69 Å². The molecule has 0 saturated carbocycles. The van der Waals surface area contributed by atoms with Gasteiger partial charge in [-0.1, -0.05) is 28.1 Å². The van der Waals surface area contributed by atoms with Crippen molar-refractivity contribution in [3.63, 3.8) is 0 Å². The molecule has 5 nitrogen and oxygen atoms in total. The largest absolute Gasteiger partial charge is 0.466 e. The molecule has 0 unspecified atom stereocenters. The molecule has 4 rings (SSSR count). The molecule has 28 heavy (non-hydrogen) atoms. The van der Waals surface area contributed by atoms with E-state index in [1.165, 1.54) is 0 Å². The second-order valence-electron chi connectivity index (χ2n) is 7.17. The van der Waals surface area contributed by atoms with Gasteiger partial charge >= 0.3 is 5.97 Å². The van der Waals surface area contributed by atoms with Crippen molar-refractivity contribution in [3.8, 4) is 5.75 Å². The van der Waals surface area contributed by atoms with Crippen LogP contribution in [0.15, 0.2) is 46.9 Å². The smallest absolute Gasteiger partial charge is 0.317 e. The second-order valence-corrected chi connectivity index (χ2v) is 8.47. The van der Waals surface area contributed by atoms with Crippen LogP contribution < -0.4 is 15.0 Å². The zero-order valence-corrected chi connectivity index (χ0v) is 18.3. The molecule has 146 valence electrons. The molecule has 7 heteroatoms. The van der Waals surface area contributed by atoms with Crippen LogP contribution in [0.5, 0.6) is 5.75 Å². The number of carbonyl (C=O) groups excluding carboxylic acids is 1. The number of fused-ring (bicyclic) bond motifs is 4. The summed E-state index contributed by atoms with van der Waals surface area (Å²) < 4.78 is 12.8. The Hall–Kier alpha value is -2.12. The highest BCUT2D eigenvalue weighted by molar-refractivity contribution is 9.10. The maximum atomic E-state index is 13.0. The molecule has 0 amide bonds. The predicted octanol–water partition coefficient (Wildman–Crippen LogP) is 4.48. The average Bonchev–Trinajstić information content (AvgIpc) is 2.62. The number of hydrogen-bond acceptors (Lipinski definition) is 4. The van der Waals surface area contributed by atoms with E-state index in [1.54, 1.807) is 6.92 Å². The number of benzene rings is 2. The lowest BCUT2D eigenvalue weighted by atomic mass is 9.79. The second kappa shape index (κ2) is 7.04. The lowest BCUT2D eigenvalue weighted by molar-refractivity contribution is -0.159. The Labute approximate surface area is 178 Å². The van der Waals surface area contributed by atoms with E-state index < -0.39 is 11.6 Å². The van der Waals surface area contributed by atoms with Crippen molar-refractivity contribution in [2.45, 2.75) is 32.5 Å². The van der Waals surface area contributed by atoms with Gasteiger partial charge in [-0.15, -0.1) is 0 Å². The minimum atomic E-state index is -1.02. The van der Waals surface area contributed by atoms with Crippen molar-refractivity contribution in [1.29, 1.82) is 0 Å². The van der Waals surface area contributed by atoms with Gasteiger partial charge in [0.2, 0.25) is 5.72 Å². The fourth-order valence-corrected chi connectivity index (χ4v) is 4.90. The minimum Gasteiger partial charge on any atom is -0.466 e. The summed E-state index contributed by atoms with van der Waals surface area (Å²) in [6.45, 7) is 6.04. The number of aryl methyl sites for hydroxylation is 1. The first-order chi connectivity index (χ1) is 13.3. The van der Waals surface area contributed by atoms with E-state index >= 15 is 0 Å². The first kappa shape index (κ1) is 19.2. The summed E-state index contributed by atoms with van der Waals surface area (Å²) >= 11 is 9.23. The number of nitrogens with one attached hydrogen (secondary N) is 1. The van der Waals surface area contributed by atoms with Crippen LogP contribution in [0.1, 0.15) is 31.0 Å². The number of carbonyl (C=O) groups is 1. The Morgan fingerprint density at radius 3 is 2.86 bits per heavy atom. The molecular formula is C21H21BrN2O3S. The van der Waals surface area contributed by atoms with E-state index in [4.69, 9.17) is 21.7 Å². The van der Waals surface area contributed by atoms with E-state index in [-0.39, 0.29) is 12.0 Å². The first-order valence-corrected chi connectivity index (χ1v) is 10.4. The quantitative estimate of drug-likeness (QED) is 0.538. The van der Waals surface area contributed by atoms with Gasteiger partial charge < -0.3 is 14.8 Å². The zero-order valence-electron chi connectivity index (χ0n) is 15.9. The lowest BCUT2D eigenvalue weighted by Crippen LogP contribution is -2.71. The van der Waals surface area contributed by atoms with Crippen molar-refractivity contribution in [2.75, 3.05) is 11.5 Å². The monoisotopic (exact) mass is 460 g/mol. The van der Waals surface area contributed by atoms with E-state index in [9.17, 15) is 4.79 Å². The molecular weight excluding hydrogens is 440 g/mol. The summed E-state index contributed by atoms with van der Waals surface area (Å²) in [6, 6.07) is 13.5. The van der Waals surface area contributed by atoms with Gasteiger partial charge in [0.1, 0.15) is 11.7 Å². The fourth-order valence-electron chi connectivity index (χ4n) is 4.10. The molecule has 0 spiro atoms. The van der Waals surface area contributed by atoms with Crippen LogP contribution in [-0.4, -0.2) is 23.4 Å². The average molecular weight is 461 g/mol. The summed E-state index contributed by atoms with van der Waals surface area (Å²) in [7, 11) is 0. The maximum Gasteiger partial charge on any atom is 0.317 e. The first-order valence-electron chi connectivity index (χ1n) is 9.17. The van der Waals surface area contributed by atoms with Gasteiger partial charge in [0.05, 0.1) is 12.6 Å². The van der Waals surface area contributed by atoms with Crippen LogP contribution >= 0.6 is 28.1 Å². The zero-order chi connectivity index (χ0) is 20.1. The summed E-state index contributed by atoms with van der Waals surface area (Å²) in [4.78, 5) is 14.9. The van der Waals surface area contributed by atoms with Crippen LogP contribution in [0.25, 0.3) is 0 Å². The third-order valence-corrected chi connectivity index (χ3v) is 6.05. The van der Waals surface area contributed by atoms with Gasteiger partial charge in [-0.2, -0.15) is 0 Å². The molecule has 2 bridgehead atoms. The van der Waals surface area contributed by atoms with Gasteiger partial charge in [-0.05, 0) is 68.9 Å². The molecule has 0 radical (unpaired) electrons. The van der Waals surface area contributed by atoms with Gasteiger partial charge in [0, 0.05) is 15.7 Å². The van der Waals surface area contributed by atoms with Crippen molar-refractivity contribution in [3.05, 3.63) is 58.1 Å². The van der Waals surface area contributed by atoms with Crippen molar-refractivity contribution in [1.82, 2.24) is 5.32 Å². The molecule has 1 saturated heterocycles. The molecule has 1 fully saturated rings. The van der Waals surface area contributed by atoms with Crippen LogP contribution in [0.2, 0.25) is 0 Å². The minimum absolute atomic E-state index is 0.304. The topological polar surface area (TPSA) is 50.8 Å². The number of thiocarbonyl (C=S) groups is 1. The number of hydrogen-bond donors (Lipinski definition) is 1. The summed E-state index contributed by atoms with van der Waals surface area (Å²) in [6.07, 6.45) is 0. The SMILES string of the molecule is CCOC(=O)[C@@H]1[C@H]2NC(=S)N(c3cccc(C)c3)[C@@]1(C)Oc1ccc(Br)cc12. The molecule has 0 aliphatic carbocycles. The lowest BCUT2D eigenvalue weighted by Gasteiger charge is -2.55. The highest BCUT2D eigenvalue weighted by atomic mass is 79.9.